The van der Waals surface area contributed by atoms with Gasteiger partial charge in [0, 0.05) is 18.0 Å². The molecule has 0 saturated heterocycles. The minimum Gasteiger partial charge on any atom is -0.357 e. The fourth-order valence-corrected chi connectivity index (χ4v) is 3.07. The number of nitrogens with zero attached hydrogens (tertiary/aromatic N) is 2. The van der Waals surface area contributed by atoms with Gasteiger partial charge in [0.2, 0.25) is 0 Å². The minimum atomic E-state index is -0.498. The van der Waals surface area contributed by atoms with Crippen LogP contribution >= 0.6 is 0 Å². The first kappa shape index (κ1) is 20.3. The molecule has 0 unspecified atom stereocenters. The summed E-state index contributed by atoms with van der Waals surface area (Å²) in [6.07, 6.45) is 3.15. The predicted molar refractivity (Wildman–Crippen MR) is 112 cm³/mol. The average Bonchev–Trinajstić information content (AvgIpc) is 2.71. The van der Waals surface area contributed by atoms with Gasteiger partial charge in [-0.1, -0.05) is 36.4 Å². The number of benzene rings is 2. The van der Waals surface area contributed by atoms with Crippen LogP contribution in [0.25, 0.3) is 5.69 Å². The van der Waals surface area contributed by atoms with Gasteiger partial charge in [-0.3, -0.25) is 19.0 Å². The maximum absolute atomic E-state index is 13.2. The van der Waals surface area contributed by atoms with Gasteiger partial charge in [-0.15, -0.1) is 0 Å². The number of carbonyl (C=O) groups is 1. The third kappa shape index (κ3) is 4.35. The third-order valence-electron chi connectivity index (χ3n) is 4.69. The first-order valence-corrected chi connectivity index (χ1v) is 9.19. The Morgan fingerprint density at radius 3 is 2.55 bits per heavy atom. The average molecular weight is 392 g/mol. The summed E-state index contributed by atoms with van der Waals surface area (Å²) in [6.45, 7) is 5.85. The van der Waals surface area contributed by atoms with Crippen LogP contribution in [-0.2, 0) is 10.4 Å². The van der Waals surface area contributed by atoms with Crippen molar-refractivity contribution in [1.82, 2.24) is 15.0 Å². The lowest BCUT2D eigenvalue weighted by Gasteiger charge is -2.27. The Bertz CT molecular complexity index is 1070. The Balaban J connectivity index is 2.01. The molecule has 0 atom stereocenters. The lowest BCUT2D eigenvalue weighted by molar-refractivity contribution is 0.0537. The summed E-state index contributed by atoms with van der Waals surface area (Å²) in [7, 11) is 1.37. The molecule has 150 valence electrons. The molecule has 0 bridgehead atoms. The largest absolute Gasteiger partial charge is 0.357 e. The van der Waals surface area contributed by atoms with E-state index >= 15 is 0 Å². The number of rotatable bonds is 6. The molecule has 29 heavy (non-hydrogen) atoms. The highest BCUT2D eigenvalue weighted by Crippen LogP contribution is 2.23. The summed E-state index contributed by atoms with van der Waals surface area (Å²) in [5, 5.41) is 3.25. The fraction of sp³-hybridized carbons (Fsp3) is 0.227. The molecule has 0 aliphatic heterocycles. The van der Waals surface area contributed by atoms with Crippen molar-refractivity contribution in [3.8, 4) is 5.69 Å². The zero-order valence-corrected chi connectivity index (χ0v) is 16.9. The number of nitrogens with one attached hydrogen (secondary N) is 2. The zero-order chi connectivity index (χ0) is 21.0. The highest BCUT2D eigenvalue weighted by molar-refractivity contribution is 5.94. The van der Waals surface area contributed by atoms with E-state index in [9.17, 15) is 9.59 Å². The second-order valence-electron chi connectivity index (χ2n) is 7.20. The maximum Gasteiger partial charge on any atom is 0.297 e. The van der Waals surface area contributed by atoms with E-state index in [-0.39, 0.29) is 17.3 Å². The van der Waals surface area contributed by atoms with Crippen molar-refractivity contribution >= 4 is 11.7 Å². The topological polar surface area (TPSA) is 85.2 Å². The molecule has 1 heterocycles. The fourth-order valence-electron chi connectivity index (χ4n) is 3.07. The van der Waals surface area contributed by atoms with E-state index in [1.54, 1.807) is 30.6 Å². The molecule has 3 rings (SSSR count). The minimum absolute atomic E-state index is 0.229. The van der Waals surface area contributed by atoms with Crippen LogP contribution in [0.2, 0.25) is 0 Å². The Morgan fingerprint density at radius 2 is 1.86 bits per heavy atom. The van der Waals surface area contributed by atoms with Gasteiger partial charge in [0.25, 0.3) is 11.5 Å². The van der Waals surface area contributed by atoms with E-state index in [1.165, 1.54) is 11.7 Å². The molecule has 1 amide bonds. The Kier molecular flexibility index (Phi) is 5.79. The number of hydroxylamine groups is 1. The second kappa shape index (κ2) is 8.28. The molecule has 0 saturated carbocycles. The molecular formula is C22H24N4O3. The standard InChI is InChI=1S/C22H24N4O3/c1-15-10-11-16(20(27)25-29-4)14-18(15)26-13-12-23-19(21(26)28)24-22(2,3)17-8-6-5-7-9-17/h5-14H,1-4H3,(H,23,24)(H,25,27). The number of anilines is 1. The summed E-state index contributed by atoms with van der Waals surface area (Å²) in [5.74, 6) is -0.160. The smallest absolute Gasteiger partial charge is 0.297 e. The Labute approximate surface area is 169 Å². The molecule has 0 aliphatic carbocycles. The van der Waals surface area contributed by atoms with E-state index in [0.29, 0.717) is 11.3 Å². The monoisotopic (exact) mass is 392 g/mol. The number of aromatic nitrogens is 2. The van der Waals surface area contributed by atoms with Crippen LogP contribution in [-0.4, -0.2) is 22.6 Å². The first-order chi connectivity index (χ1) is 13.8. The van der Waals surface area contributed by atoms with Gasteiger partial charge in [-0.2, -0.15) is 0 Å². The molecule has 7 nitrogen and oxygen atoms in total. The van der Waals surface area contributed by atoms with Crippen LogP contribution < -0.4 is 16.4 Å². The quantitative estimate of drug-likeness (QED) is 0.630. The zero-order valence-electron chi connectivity index (χ0n) is 16.9. The summed E-state index contributed by atoms with van der Waals surface area (Å²) in [4.78, 5) is 34.2. The van der Waals surface area contributed by atoms with Gasteiger partial charge in [-0.05, 0) is 44.0 Å². The molecule has 7 heteroatoms. The van der Waals surface area contributed by atoms with Gasteiger partial charge >= 0.3 is 0 Å². The highest BCUT2D eigenvalue weighted by atomic mass is 16.6. The number of hydrogen-bond donors (Lipinski definition) is 2. The van der Waals surface area contributed by atoms with Crippen molar-refractivity contribution < 1.29 is 9.63 Å². The summed E-state index contributed by atoms with van der Waals surface area (Å²) >= 11 is 0. The Hall–Kier alpha value is -3.45. The maximum atomic E-state index is 13.2. The lowest BCUT2D eigenvalue weighted by atomic mass is 9.94. The first-order valence-electron chi connectivity index (χ1n) is 9.19. The lowest BCUT2D eigenvalue weighted by Crippen LogP contribution is -2.33. The highest BCUT2D eigenvalue weighted by Gasteiger charge is 2.22. The van der Waals surface area contributed by atoms with Crippen molar-refractivity contribution in [2.45, 2.75) is 26.3 Å². The molecule has 0 fully saturated rings. The van der Waals surface area contributed by atoms with Crippen molar-refractivity contribution in [2.24, 2.45) is 0 Å². The number of carbonyl (C=O) groups excluding carboxylic acids is 1. The normalized spacial score (nSPS) is 11.2. The van der Waals surface area contributed by atoms with Gasteiger partial charge in [0.05, 0.1) is 18.3 Å². The van der Waals surface area contributed by atoms with Gasteiger partial charge in [0.15, 0.2) is 5.82 Å². The van der Waals surface area contributed by atoms with E-state index in [2.05, 4.69) is 20.6 Å². The summed E-state index contributed by atoms with van der Waals surface area (Å²) in [5.41, 5.74) is 4.35. The predicted octanol–water partition coefficient (Wildman–Crippen LogP) is 3.18. The number of aryl methyl sites for hydroxylation is 1. The summed E-state index contributed by atoms with van der Waals surface area (Å²) in [6, 6.07) is 15.0. The van der Waals surface area contributed by atoms with Crippen LogP contribution in [0.1, 0.15) is 35.3 Å². The van der Waals surface area contributed by atoms with Crippen molar-refractivity contribution in [3.05, 3.63) is 88.0 Å². The van der Waals surface area contributed by atoms with Crippen molar-refractivity contribution in [2.75, 3.05) is 12.4 Å². The third-order valence-corrected chi connectivity index (χ3v) is 4.69. The number of hydrogen-bond acceptors (Lipinski definition) is 5. The summed E-state index contributed by atoms with van der Waals surface area (Å²) < 4.78 is 1.48. The number of amides is 1. The molecule has 3 aromatic rings. The molecule has 0 radical (unpaired) electrons. The van der Waals surface area contributed by atoms with Gasteiger partial charge < -0.3 is 5.32 Å². The SMILES string of the molecule is CONC(=O)c1ccc(C)c(-n2ccnc(NC(C)(C)c3ccccc3)c2=O)c1. The molecule has 2 aromatic carbocycles. The molecule has 2 N–H and O–H groups in total. The van der Waals surface area contributed by atoms with Gasteiger partial charge in [-0.25, -0.2) is 10.5 Å². The molecular weight excluding hydrogens is 368 g/mol. The molecule has 1 aromatic heterocycles. The van der Waals surface area contributed by atoms with Crippen LogP contribution in [0, 0.1) is 6.92 Å². The van der Waals surface area contributed by atoms with Crippen molar-refractivity contribution in [1.29, 1.82) is 0 Å². The van der Waals surface area contributed by atoms with Crippen LogP contribution in [0.15, 0.2) is 65.7 Å². The van der Waals surface area contributed by atoms with Crippen LogP contribution in [0.5, 0.6) is 0 Å². The van der Waals surface area contributed by atoms with Crippen LogP contribution in [0.3, 0.4) is 0 Å². The molecule has 0 spiro atoms. The Morgan fingerprint density at radius 1 is 1.14 bits per heavy atom. The van der Waals surface area contributed by atoms with Crippen molar-refractivity contribution in [3.63, 3.8) is 0 Å². The van der Waals surface area contributed by atoms with Gasteiger partial charge in [0.1, 0.15) is 0 Å². The van der Waals surface area contributed by atoms with E-state index in [4.69, 9.17) is 0 Å². The van der Waals surface area contributed by atoms with E-state index < -0.39 is 5.54 Å². The molecule has 0 aliphatic rings. The second-order valence-corrected chi connectivity index (χ2v) is 7.20. The van der Waals surface area contributed by atoms with E-state index in [0.717, 1.165) is 11.1 Å². The van der Waals surface area contributed by atoms with E-state index in [1.807, 2.05) is 51.1 Å². The van der Waals surface area contributed by atoms with Crippen LogP contribution in [0.4, 0.5) is 5.82 Å².